The zero-order valence-corrected chi connectivity index (χ0v) is 17.1. The van der Waals surface area contributed by atoms with Gasteiger partial charge >= 0.3 is 5.97 Å². The van der Waals surface area contributed by atoms with Gasteiger partial charge in [0.2, 0.25) is 0 Å². The molecular weight excluding hydrogens is 348 g/mol. The molecule has 1 aliphatic rings. The summed E-state index contributed by atoms with van der Waals surface area (Å²) in [5.74, 6) is 0.534. The third-order valence-corrected chi connectivity index (χ3v) is 13.0. The Morgan fingerprint density at radius 3 is 1.80 bits per heavy atom. The van der Waals surface area contributed by atoms with E-state index in [1.54, 1.807) is 0 Å². The minimum atomic E-state index is -2.66. The number of carbonyl (C=O) groups is 1. The first-order valence-corrected chi connectivity index (χ1v) is 12.5. The predicted molar refractivity (Wildman–Crippen MR) is 108 cm³/mol. The highest BCUT2D eigenvalue weighted by molar-refractivity contribution is 8.26. The van der Waals surface area contributed by atoms with E-state index >= 15 is 0 Å². The van der Waals surface area contributed by atoms with Gasteiger partial charge in [0, 0.05) is 6.26 Å². The van der Waals surface area contributed by atoms with Crippen molar-refractivity contribution in [1.82, 2.24) is 0 Å². The zero-order chi connectivity index (χ0) is 18.1. The fraction of sp³-hybridized carbons (Fsp3) is 0.350. The van der Waals surface area contributed by atoms with E-state index in [9.17, 15) is 4.79 Å². The van der Waals surface area contributed by atoms with Gasteiger partial charge in [-0.2, -0.15) is 10.6 Å². The molecule has 1 saturated heterocycles. The topological polar surface area (TPSA) is 35.5 Å². The van der Waals surface area contributed by atoms with Gasteiger partial charge in [-0.3, -0.25) is 4.79 Å². The van der Waals surface area contributed by atoms with Gasteiger partial charge in [-0.25, -0.2) is 0 Å². The van der Waals surface area contributed by atoms with E-state index in [1.165, 1.54) is 10.4 Å². The van der Waals surface area contributed by atoms with Gasteiger partial charge < -0.3 is 8.06 Å². The second-order valence-electron chi connectivity index (χ2n) is 7.58. The Bertz CT molecular complexity index is 703. The minimum Gasteiger partial charge on any atom is -0.355 e. The van der Waals surface area contributed by atoms with Crippen LogP contribution in [0.5, 0.6) is 0 Å². The first kappa shape index (κ1) is 18.2. The van der Waals surface area contributed by atoms with Gasteiger partial charge in [0.15, 0.2) is 0 Å². The first-order valence-electron chi connectivity index (χ1n) is 8.57. The van der Waals surface area contributed by atoms with Crippen LogP contribution in [0.25, 0.3) is 0 Å². The highest BCUT2D eigenvalue weighted by Gasteiger charge is 2.54. The number of benzene rings is 2. The Kier molecular flexibility index (Phi) is 4.84. The molecule has 1 fully saturated rings. The Labute approximate surface area is 153 Å². The van der Waals surface area contributed by atoms with E-state index < -0.39 is 18.9 Å². The van der Waals surface area contributed by atoms with Crippen LogP contribution in [0.15, 0.2) is 60.7 Å². The molecule has 25 heavy (non-hydrogen) atoms. The number of hydrogen-bond donors (Lipinski definition) is 0. The molecule has 0 aromatic heterocycles. The average molecular weight is 375 g/mol. The monoisotopic (exact) mass is 374 g/mol. The van der Waals surface area contributed by atoms with Crippen LogP contribution in [0.3, 0.4) is 0 Å². The quantitative estimate of drug-likeness (QED) is 0.764. The SMILES string of the molecule is CC(C)(C)[Si](OS1(C)CCC(=O)O1)(c1ccccc1)c1ccccc1. The van der Waals surface area contributed by atoms with Crippen LogP contribution < -0.4 is 10.4 Å². The van der Waals surface area contributed by atoms with Gasteiger partial charge in [0.1, 0.15) is 0 Å². The summed E-state index contributed by atoms with van der Waals surface area (Å²) in [6.45, 7) is 6.70. The molecule has 2 aromatic carbocycles. The van der Waals surface area contributed by atoms with Crippen LogP contribution in [0.1, 0.15) is 27.2 Å². The van der Waals surface area contributed by atoms with Crippen LogP contribution in [0.2, 0.25) is 5.04 Å². The van der Waals surface area contributed by atoms with Gasteiger partial charge in [-0.1, -0.05) is 81.4 Å². The molecule has 0 N–H and O–H groups in total. The van der Waals surface area contributed by atoms with Crippen molar-refractivity contribution in [3.05, 3.63) is 60.7 Å². The number of hydrogen-bond acceptors (Lipinski definition) is 3. The number of rotatable bonds is 4. The lowest BCUT2D eigenvalue weighted by molar-refractivity contribution is -0.131. The third-order valence-electron chi connectivity index (χ3n) is 4.66. The van der Waals surface area contributed by atoms with E-state index in [0.717, 1.165) is 0 Å². The third kappa shape index (κ3) is 3.41. The summed E-state index contributed by atoms with van der Waals surface area (Å²) in [6, 6.07) is 20.9. The van der Waals surface area contributed by atoms with Gasteiger partial charge in [-0.15, -0.1) is 0 Å². The fourth-order valence-corrected chi connectivity index (χ4v) is 12.3. The van der Waals surface area contributed by atoms with Gasteiger partial charge in [-0.05, 0) is 15.4 Å². The summed E-state index contributed by atoms with van der Waals surface area (Å²) >= 11 is 0. The van der Waals surface area contributed by atoms with Crippen LogP contribution in [0, 0.1) is 0 Å². The summed E-state index contributed by atoms with van der Waals surface area (Å²) < 4.78 is 12.7. The molecule has 1 heterocycles. The Balaban J connectivity index is 2.21. The molecule has 1 unspecified atom stereocenters. The van der Waals surface area contributed by atoms with Crippen LogP contribution in [-0.4, -0.2) is 26.3 Å². The predicted octanol–water partition coefficient (Wildman–Crippen LogP) is 3.77. The highest BCUT2D eigenvalue weighted by atomic mass is 32.3. The van der Waals surface area contributed by atoms with Crippen molar-refractivity contribution in [1.29, 1.82) is 0 Å². The smallest absolute Gasteiger partial charge is 0.329 e. The Hall–Kier alpha value is -1.56. The molecule has 134 valence electrons. The zero-order valence-electron chi connectivity index (χ0n) is 15.3. The molecule has 1 aliphatic heterocycles. The van der Waals surface area contributed by atoms with E-state index in [2.05, 4.69) is 69.3 Å². The van der Waals surface area contributed by atoms with Crippen molar-refractivity contribution in [3.63, 3.8) is 0 Å². The van der Waals surface area contributed by atoms with Crippen LogP contribution in [-0.2, 0) is 12.8 Å². The molecule has 0 spiro atoms. The summed E-state index contributed by atoms with van der Waals surface area (Å²) in [6.07, 6.45) is 2.43. The molecule has 5 heteroatoms. The maximum Gasteiger partial charge on any atom is 0.329 e. The largest absolute Gasteiger partial charge is 0.355 e. The summed E-state index contributed by atoms with van der Waals surface area (Å²) in [5.41, 5.74) is 0. The lowest BCUT2D eigenvalue weighted by Gasteiger charge is -2.49. The molecule has 1 atom stereocenters. The lowest BCUT2D eigenvalue weighted by Crippen LogP contribution is -2.66. The molecule has 3 rings (SSSR count). The Morgan fingerprint density at radius 1 is 0.960 bits per heavy atom. The molecular formula is C20H26O3SSi. The standard InChI is InChI=1S/C20H26O3SSi/c1-20(2,3)25(17-11-7-5-8-12-17,18-13-9-6-10-14-18)23-24(4)16-15-19(21)22-24/h5-14H,15-16H2,1-4H3. The first-order chi connectivity index (χ1) is 11.8. The molecule has 2 aromatic rings. The highest BCUT2D eigenvalue weighted by Crippen LogP contribution is 2.56. The summed E-state index contributed by atoms with van der Waals surface area (Å²) in [4.78, 5) is 11.8. The summed E-state index contributed by atoms with van der Waals surface area (Å²) in [7, 11) is -4.53. The van der Waals surface area contributed by atoms with Crippen LogP contribution >= 0.6 is 10.6 Å². The second-order valence-corrected chi connectivity index (χ2v) is 14.7. The maximum atomic E-state index is 11.8. The van der Waals surface area contributed by atoms with E-state index in [4.69, 9.17) is 8.06 Å². The molecule has 0 aliphatic carbocycles. The normalized spacial score (nSPS) is 23.8. The van der Waals surface area contributed by atoms with E-state index in [-0.39, 0.29) is 11.0 Å². The molecule has 0 saturated carbocycles. The van der Waals surface area contributed by atoms with E-state index in [1.807, 2.05) is 18.4 Å². The molecule has 0 radical (unpaired) electrons. The van der Waals surface area contributed by atoms with Crippen molar-refractivity contribution in [3.8, 4) is 0 Å². The van der Waals surface area contributed by atoms with Crippen molar-refractivity contribution < 1.29 is 12.8 Å². The van der Waals surface area contributed by atoms with Crippen molar-refractivity contribution in [2.45, 2.75) is 32.2 Å². The summed E-state index contributed by atoms with van der Waals surface area (Å²) in [5, 5.41) is 2.32. The van der Waals surface area contributed by atoms with E-state index in [0.29, 0.717) is 12.2 Å². The van der Waals surface area contributed by atoms with Crippen molar-refractivity contribution in [2.24, 2.45) is 0 Å². The fourth-order valence-electron chi connectivity index (χ4n) is 3.47. The molecule has 3 nitrogen and oxygen atoms in total. The van der Waals surface area contributed by atoms with Gasteiger partial charge in [0.25, 0.3) is 8.32 Å². The number of carbonyl (C=O) groups excluding carboxylic acids is 1. The minimum absolute atomic E-state index is 0.110. The molecule has 0 bridgehead atoms. The van der Waals surface area contributed by atoms with Crippen LogP contribution in [0.4, 0.5) is 0 Å². The maximum absolute atomic E-state index is 11.8. The Morgan fingerprint density at radius 2 is 1.44 bits per heavy atom. The molecule has 0 amide bonds. The lowest BCUT2D eigenvalue weighted by atomic mass is 10.2. The van der Waals surface area contributed by atoms with Crippen molar-refractivity contribution in [2.75, 3.05) is 12.0 Å². The second kappa shape index (κ2) is 6.63. The van der Waals surface area contributed by atoms with Gasteiger partial charge in [0.05, 0.1) is 12.2 Å². The van der Waals surface area contributed by atoms with Crippen molar-refractivity contribution >= 4 is 35.2 Å². The average Bonchev–Trinajstić information content (AvgIpc) is 2.92.